The molecule has 102 valence electrons. The second kappa shape index (κ2) is 6.14. The first kappa shape index (κ1) is 14.0. The fraction of sp³-hybridized carbons (Fsp3) is 0.385. The fourth-order valence-corrected chi connectivity index (χ4v) is 1.98. The Balaban J connectivity index is 2.47. The van der Waals surface area contributed by atoms with Crippen LogP contribution < -0.4 is 4.73 Å². The van der Waals surface area contributed by atoms with Crippen LogP contribution in [0.15, 0.2) is 24.5 Å². The molecule has 2 aromatic rings. The molecule has 0 saturated carbocycles. The maximum absolute atomic E-state index is 10.0. The third-order valence-electron chi connectivity index (χ3n) is 2.64. The lowest BCUT2D eigenvalue weighted by molar-refractivity contribution is -0.912. The average Bonchev–Trinajstić information content (AvgIpc) is 2.37. The van der Waals surface area contributed by atoms with Gasteiger partial charge in [0.25, 0.3) is 5.69 Å². The molecule has 2 aromatic heterocycles. The molecule has 0 aliphatic heterocycles. The molecule has 0 amide bonds. The van der Waals surface area contributed by atoms with Crippen LogP contribution in [0.2, 0.25) is 5.15 Å². The summed E-state index contributed by atoms with van der Waals surface area (Å²) < 4.78 is 11.9. The fourth-order valence-electron chi connectivity index (χ4n) is 1.82. The molecule has 0 unspecified atom stereocenters. The van der Waals surface area contributed by atoms with Crippen molar-refractivity contribution >= 4 is 22.4 Å². The largest absolute Gasteiger partial charge is 0.344 e. The van der Waals surface area contributed by atoms with Gasteiger partial charge < -0.3 is 9.47 Å². The van der Waals surface area contributed by atoms with Crippen molar-refractivity contribution in [3.63, 3.8) is 0 Å². The monoisotopic (exact) mass is 283 g/mol. The summed E-state index contributed by atoms with van der Waals surface area (Å²) in [6.07, 6.45) is 2.60. The van der Waals surface area contributed by atoms with Crippen molar-refractivity contribution in [3.05, 3.63) is 35.4 Å². The Kier molecular flexibility index (Phi) is 4.52. The Labute approximate surface area is 116 Å². The number of fused-ring (bicyclic) bond motifs is 1. The number of rotatable bonds is 5. The highest BCUT2D eigenvalue weighted by Gasteiger charge is 2.24. The molecule has 19 heavy (non-hydrogen) atoms. The second-order valence-corrected chi connectivity index (χ2v) is 4.31. The van der Waals surface area contributed by atoms with Gasteiger partial charge in [0, 0.05) is 35.6 Å². The maximum atomic E-state index is 10.0. The number of halogens is 1. The molecule has 2 rings (SSSR count). The van der Waals surface area contributed by atoms with Gasteiger partial charge in [-0.25, -0.2) is 4.98 Å². The van der Waals surface area contributed by atoms with E-state index in [0.29, 0.717) is 24.1 Å². The summed E-state index contributed by atoms with van der Waals surface area (Å²) >= 11 is 5.82. The molecule has 1 N–H and O–H groups in total. The highest BCUT2D eigenvalue weighted by molar-refractivity contribution is 6.30. The van der Waals surface area contributed by atoms with Crippen molar-refractivity contribution in [2.75, 3.05) is 13.2 Å². The van der Waals surface area contributed by atoms with Gasteiger partial charge >= 0.3 is 0 Å². The summed E-state index contributed by atoms with van der Waals surface area (Å²) in [6, 6.07) is 3.46. The van der Waals surface area contributed by atoms with E-state index in [1.807, 2.05) is 13.8 Å². The van der Waals surface area contributed by atoms with E-state index in [-0.39, 0.29) is 0 Å². The van der Waals surface area contributed by atoms with E-state index in [9.17, 15) is 5.21 Å². The van der Waals surface area contributed by atoms with Gasteiger partial charge in [0.15, 0.2) is 0 Å². The molecule has 0 aliphatic rings. The van der Waals surface area contributed by atoms with Gasteiger partial charge in [-0.15, -0.1) is 0 Å². The molecule has 0 fully saturated rings. The molecule has 0 atom stereocenters. The minimum Gasteiger partial charge on any atom is -0.344 e. The third-order valence-corrected chi connectivity index (χ3v) is 2.85. The molecule has 6 heteroatoms. The highest BCUT2D eigenvalue weighted by Crippen LogP contribution is 2.21. The van der Waals surface area contributed by atoms with E-state index >= 15 is 0 Å². The topological polar surface area (TPSA) is 55.5 Å². The summed E-state index contributed by atoms with van der Waals surface area (Å²) in [4.78, 5) is 4.02. The Morgan fingerprint density at radius 1 is 1.26 bits per heavy atom. The lowest BCUT2D eigenvalue weighted by Crippen LogP contribution is -2.37. The summed E-state index contributed by atoms with van der Waals surface area (Å²) in [6.45, 7) is 4.72. The Morgan fingerprint density at radius 3 is 2.58 bits per heavy atom. The van der Waals surface area contributed by atoms with Gasteiger partial charge in [-0.05, 0) is 19.9 Å². The predicted molar refractivity (Wildman–Crippen MR) is 70.1 cm³/mol. The second-order valence-electron chi connectivity index (χ2n) is 3.92. The lowest BCUT2D eigenvalue weighted by Gasteiger charge is -2.13. The number of ether oxygens (including phenoxy) is 2. The molecular weight excluding hydrogens is 268 g/mol. The summed E-state index contributed by atoms with van der Waals surface area (Å²) in [7, 11) is 0. The van der Waals surface area contributed by atoms with Crippen molar-refractivity contribution in [1.29, 1.82) is 0 Å². The molecule has 0 aliphatic carbocycles. The Bertz CT molecular complexity index is 571. The SMILES string of the molecule is CCOC(OCC)c1cc2cnc(Cl)cc2c[n+]1O. The first-order chi connectivity index (χ1) is 9.15. The van der Waals surface area contributed by atoms with Crippen LogP contribution in [0.5, 0.6) is 0 Å². The quantitative estimate of drug-likeness (QED) is 0.396. The molecule has 0 saturated heterocycles. The highest BCUT2D eigenvalue weighted by atomic mass is 35.5. The lowest BCUT2D eigenvalue weighted by atomic mass is 10.2. The van der Waals surface area contributed by atoms with Crippen LogP contribution >= 0.6 is 11.6 Å². The number of nitrogens with zero attached hydrogens (tertiary/aromatic N) is 2. The minimum absolute atomic E-state index is 0.381. The van der Waals surface area contributed by atoms with E-state index in [2.05, 4.69) is 4.98 Å². The van der Waals surface area contributed by atoms with E-state index < -0.39 is 6.29 Å². The van der Waals surface area contributed by atoms with Gasteiger partial charge in [-0.2, -0.15) is 0 Å². The predicted octanol–water partition coefficient (Wildman–Crippen LogP) is 2.48. The van der Waals surface area contributed by atoms with Crippen LogP contribution in [0.4, 0.5) is 0 Å². The van der Waals surface area contributed by atoms with Gasteiger partial charge in [0.05, 0.1) is 5.39 Å². The minimum atomic E-state index is -0.611. The molecular formula is C13H16ClN2O3+. The van der Waals surface area contributed by atoms with Crippen molar-refractivity contribution < 1.29 is 19.4 Å². The van der Waals surface area contributed by atoms with E-state index in [1.165, 1.54) is 0 Å². The summed E-state index contributed by atoms with van der Waals surface area (Å²) in [5.41, 5.74) is 0.514. The number of hydrogen-bond donors (Lipinski definition) is 1. The maximum Gasteiger partial charge on any atom is 0.290 e. The van der Waals surface area contributed by atoms with Gasteiger partial charge in [-0.1, -0.05) is 11.6 Å². The summed E-state index contributed by atoms with van der Waals surface area (Å²) in [5.74, 6) is 0. The van der Waals surface area contributed by atoms with Crippen LogP contribution in [0.1, 0.15) is 25.8 Å². The number of hydrogen-bond acceptors (Lipinski definition) is 4. The Morgan fingerprint density at radius 2 is 1.95 bits per heavy atom. The molecule has 0 bridgehead atoms. The summed E-state index contributed by atoms with van der Waals surface area (Å²) in [5, 5.41) is 12.0. The molecule has 0 radical (unpaired) electrons. The molecule has 5 nitrogen and oxygen atoms in total. The van der Waals surface area contributed by atoms with Crippen LogP contribution in [0, 0.1) is 0 Å². The average molecular weight is 284 g/mol. The Hall–Kier alpha value is -1.43. The normalized spacial score (nSPS) is 11.4. The zero-order valence-electron chi connectivity index (χ0n) is 10.8. The van der Waals surface area contributed by atoms with Gasteiger partial charge in [-0.3, -0.25) is 5.21 Å². The number of pyridine rings is 2. The van der Waals surface area contributed by atoms with Crippen molar-refractivity contribution in [2.24, 2.45) is 0 Å². The van der Waals surface area contributed by atoms with Crippen LogP contribution in [0.25, 0.3) is 10.8 Å². The van der Waals surface area contributed by atoms with E-state index in [4.69, 9.17) is 21.1 Å². The number of aromatic nitrogens is 2. The molecule has 2 heterocycles. The van der Waals surface area contributed by atoms with Crippen molar-refractivity contribution in [2.45, 2.75) is 20.1 Å². The zero-order valence-corrected chi connectivity index (χ0v) is 11.6. The molecule has 0 aromatic carbocycles. The van der Waals surface area contributed by atoms with Crippen LogP contribution in [-0.2, 0) is 9.47 Å². The first-order valence-corrected chi connectivity index (χ1v) is 6.46. The standard InChI is InChI=1S/C13H16ClN2O3/c1-3-18-13(19-4-2)11-5-9-7-15-12(14)6-10(9)8-16(11)17/h5-8,13,17H,3-4H2,1-2H3/q+1. The van der Waals surface area contributed by atoms with Crippen molar-refractivity contribution in [1.82, 2.24) is 4.98 Å². The van der Waals surface area contributed by atoms with E-state index in [1.54, 1.807) is 24.5 Å². The van der Waals surface area contributed by atoms with Crippen molar-refractivity contribution in [3.8, 4) is 0 Å². The van der Waals surface area contributed by atoms with Gasteiger partial charge in [0.2, 0.25) is 12.5 Å². The first-order valence-electron chi connectivity index (χ1n) is 6.09. The van der Waals surface area contributed by atoms with Gasteiger partial charge in [0.1, 0.15) is 5.15 Å². The van der Waals surface area contributed by atoms with Crippen LogP contribution in [-0.4, -0.2) is 23.4 Å². The molecule has 0 spiro atoms. The third kappa shape index (κ3) is 3.12. The zero-order chi connectivity index (χ0) is 13.8. The smallest absolute Gasteiger partial charge is 0.290 e. The van der Waals surface area contributed by atoms with Crippen LogP contribution in [0.3, 0.4) is 0 Å². The van der Waals surface area contributed by atoms with E-state index in [0.717, 1.165) is 15.5 Å².